The lowest BCUT2D eigenvalue weighted by atomic mass is 9.77. The van der Waals surface area contributed by atoms with Crippen LogP contribution in [0.4, 0.5) is 5.82 Å². The van der Waals surface area contributed by atoms with Crippen LogP contribution >= 0.6 is 0 Å². The highest BCUT2D eigenvalue weighted by Crippen LogP contribution is 2.39. The average molecular weight is 445 g/mol. The number of piperidine rings is 1. The highest BCUT2D eigenvalue weighted by molar-refractivity contribution is 5.95. The van der Waals surface area contributed by atoms with Crippen molar-refractivity contribution in [1.82, 2.24) is 24.9 Å². The van der Waals surface area contributed by atoms with Crippen molar-refractivity contribution in [3.05, 3.63) is 53.1 Å². The number of aromatic nitrogens is 4. The van der Waals surface area contributed by atoms with Gasteiger partial charge < -0.3 is 10.2 Å². The maximum absolute atomic E-state index is 12.4. The highest BCUT2D eigenvalue weighted by Gasteiger charge is 2.44. The van der Waals surface area contributed by atoms with Gasteiger partial charge in [0.25, 0.3) is 0 Å². The Balaban J connectivity index is 1.24. The lowest BCUT2D eigenvalue weighted by Crippen LogP contribution is -2.44. The molecule has 0 radical (unpaired) electrons. The SMILES string of the molecule is CC1(C)C(=O)Cc2cc(Cc3nc4c(N5CCC6(CCNC6=O)CC5)nccn4n3)ccc21. The van der Waals surface area contributed by atoms with Gasteiger partial charge in [0.05, 0.1) is 5.41 Å². The molecule has 1 aromatic carbocycles. The molecule has 0 saturated carbocycles. The van der Waals surface area contributed by atoms with Crippen LogP contribution in [0.15, 0.2) is 30.6 Å². The van der Waals surface area contributed by atoms with Crippen molar-refractivity contribution in [1.29, 1.82) is 0 Å². The van der Waals surface area contributed by atoms with Crippen LogP contribution in [0.5, 0.6) is 0 Å². The van der Waals surface area contributed by atoms with E-state index >= 15 is 0 Å². The summed E-state index contributed by atoms with van der Waals surface area (Å²) < 4.78 is 1.80. The summed E-state index contributed by atoms with van der Waals surface area (Å²) in [6.45, 7) is 6.36. The van der Waals surface area contributed by atoms with Crippen molar-refractivity contribution in [2.45, 2.75) is 51.4 Å². The maximum Gasteiger partial charge on any atom is 0.226 e. The van der Waals surface area contributed by atoms with Crippen LogP contribution < -0.4 is 10.2 Å². The number of anilines is 1. The first-order valence-corrected chi connectivity index (χ1v) is 11.7. The van der Waals surface area contributed by atoms with Gasteiger partial charge in [-0.05, 0) is 49.8 Å². The smallest absolute Gasteiger partial charge is 0.226 e. The summed E-state index contributed by atoms with van der Waals surface area (Å²) in [6.07, 6.45) is 7.30. The third-order valence-electron chi connectivity index (χ3n) is 7.92. The summed E-state index contributed by atoms with van der Waals surface area (Å²) in [5, 5.41) is 7.69. The molecule has 1 amide bonds. The number of benzene rings is 1. The summed E-state index contributed by atoms with van der Waals surface area (Å²) in [6, 6.07) is 6.30. The summed E-state index contributed by atoms with van der Waals surface area (Å²) in [5.74, 6) is 2.04. The molecule has 1 spiro atoms. The topological polar surface area (TPSA) is 92.5 Å². The summed E-state index contributed by atoms with van der Waals surface area (Å²) >= 11 is 0. The van der Waals surface area contributed by atoms with Crippen molar-refractivity contribution >= 4 is 23.2 Å². The van der Waals surface area contributed by atoms with Crippen molar-refractivity contribution < 1.29 is 9.59 Å². The minimum atomic E-state index is -0.401. The number of hydrogen-bond acceptors (Lipinski definition) is 6. The highest BCUT2D eigenvalue weighted by atomic mass is 16.2. The standard InChI is InChI=1S/C25H28N6O2/c1-24(2)18-4-3-16(13-17(18)15-19(24)32)14-20-28-22-21(26-9-12-31(22)29-20)30-10-6-25(7-11-30)5-8-27-23(25)33/h3-4,9,12-13H,5-8,10-11,14-15H2,1-2H3,(H,27,33). The zero-order chi connectivity index (χ0) is 22.8. The van der Waals surface area contributed by atoms with E-state index in [1.54, 1.807) is 10.7 Å². The van der Waals surface area contributed by atoms with E-state index in [4.69, 9.17) is 10.1 Å². The van der Waals surface area contributed by atoms with Crippen LogP contribution in [0, 0.1) is 5.41 Å². The number of carbonyl (C=O) groups is 2. The molecule has 0 unspecified atom stereocenters. The Labute approximate surface area is 192 Å². The Morgan fingerprint density at radius 2 is 1.94 bits per heavy atom. The first-order valence-electron chi connectivity index (χ1n) is 11.7. The molecule has 1 N–H and O–H groups in total. The number of fused-ring (bicyclic) bond motifs is 2. The molecule has 6 rings (SSSR count). The number of nitrogens with one attached hydrogen (secondary N) is 1. The van der Waals surface area contributed by atoms with Crippen LogP contribution in [0.25, 0.3) is 5.65 Å². The molecule has 2 aromatic heterocycles. The number of rotatable bonds is 3. The monoisotopic (exact) mass is 444 g/mol. The predicted molar refractivity (Wildman–Crippen MR) is 123 cm³/mol. The maximum atomic E-state index is 12.4. The van der Waals surface area contributed by atoms with E-state index in [1.807, 2.05) is 20.0 Å². The Kier molecular flexibility index (Phi) is 4.38. The second-order valence-corrected chi connectivity index (χ2v) is 10.2. The predicted octanol–water partition coefficient (Wildman–Crippen LogP) is 2.22. The molecule has 170 valence electrons. The van der Waals surface area contributed by atoms with E-state index in [0.29, 0.717) is 12.8 Å². The number of hydrogen-bond donors (Lipinski definition) is 1. The van der Waals surface area contributed by atoms with Gasteiger partial charge in [0.15, 0.2) is 17.3 Å². The Bertz CT molecular complexity index is 1290. The van der Waals surface area contributed by atoms with E-state index in [2.05, 4.69) is 33.4 Å². The van der Waals surface area contributed by atoms with Crippen molar-refractivity contribution in [2.75, 3.05) is 24.5 Å². The fraction of sp³-hybridized carbons (Fsp3) is 0.480. The molecule has 4 heterocycles. The van der Waals surface area contributed by atoms with E-state index in [-0.39, 0.29) is 17.1 Å². The van der Waals surface area contributed by atoms with E-state index in [0.717, 1.165) is 72.9 Å². The Morgan fingerprint density at radius 3 is 2.70 bits per heavy atom. The number of ketones is 1. The van der Waals surface area contributed by atoms with Crippen LogP contribution in [0.2, 0.25) is 0 Å². The molecule has 8 heteroatoms. The van der Waals surface area contributed by atoms with Gasteiger partial charge >= 0.3 is 0 Å². The van der Waals surface area contributed by atoms with Crippen LogP contribution in [-0.2, 0) is 27.8 Å². The van der Waals surface area contributed by atoms with E-state index in [1.165, 1.54) is 0 Å². The lowest BCUT2D eigenvalue weighted by Gasteiger charge is -2.37. The second kappa shape index (κ2) is 7.10. The van der Waals surface area contributed by atoms with Gasteiger partial charge in [-0.25, -0.2) is 14.5 Å². The summed E-state index contributed by atoms with van der Waals surface area (Å²) in [7, 11) is 0. The minimum Gasteiger partial charge on any atom is -0.356 e. The van der Waals surface area contributed by atoms with Gasteiger partial charge in [0, 0.05) is 50.3 Å². The van der Waals surface area contributed by atoms with Crippen molar-refractivity contribution in [3.8, 4) is 0 Å². The minimum absolute atomic E-state index is 0.204. The molecule has 8 nitrogen and oxygen atoms in total. The zero-order valence-corrected chi connectivity index (χ0v) is 19.1. The molecule has 2 fully saturated rings. The molecule has 33 heavy (non-hydrogen) atoms. The van der Waals surface area contributed by atoms with Gasteiger partial charge in [0.2, 0.25) is 5.91 Å². The van der Waals surface area contributed by atoms with Gasteiger partial charge in [-0.3, -0.25) is 9.59 Å². The first kappa shape index (κ1) is 20.3. The second-order valence-electron chi connectivity index (χ2n) is 10.2. The van der Waals surface area contributed by atoms with Gasteiger partial charge in [-0.1, -0.05) is 18.2 Å². The van der Waals surface area contributed by atoms with Crippen LogP contribution in [0.1, 0.15) is 55.6 Å². The van der Waals surface area contributed by atoms with E-state index in [9.17, 15) is 9.59 Å². The molecular formula is C25H28N6O2. The molecule has 3 aromatic rings. The largest absolute Gasteiger partial charge is 0.356 e. The zero-order valence-electron chi connectivity index (χ0n) is 19.1. The quantitative estimate of drug-likeness (QED) is 0.666. The summed E-state index contributed by atoms with van der Waals surface area (Å²) in [5.41, 5.74) is 3.50. The van der Waals surface area contributed by atoms with Crippen molar-refractivity contribution in [2.24, 2.45) is 5.41 Å². The number of amides is 1. The molecule has 1 aliphatic carbocycles. The normalized spacial score (nSPS) is 21.1. The van der Waals surface area contributed by atoms with Crippen LogP contribution in [-0.4, -0.2) is 50.9 Å². The van der Waals surface area contributed by atoms with E-state index < -0.39 is 5.41 Å². The van der Waals surface area contributed by atoms with Crippen LogP contribution in [0.3, 0.4) is 0 Å². The number of nitrogens with zero attached hydrogens (tertiary/aromatic N) is 5. The molecule has 3 aliphatic rings. The fourth-order valence-corrected chi connectivity index (χ4v) is 5.73. The third-order valence-corrected chi connectivity index (χ3v) is 7.92. The van der Waals surface area contributed by atoms with Gasteiger partial charge in [-0.15, -0.1) is 0 Å². The molecule has 2 aliphatic heterocycles. The molecule has 0 bridgehead atoms. The molecular weight excluding hydrogens is 416 g/mol. The van der Waals surface area contributed by atoms with Gasteiger partial charge in [-0.2, -0.15) is 5.10 Å². The van der Waals surface area contributed by atoms with Crippen molar-refractivity contribution in [3.63, 3.8) is 0 Å². The Hall–Kier alpha value is -3.29. The number of Topliss-reactive ketones (excluding diaryl/α,β-unsaturated/α-hetero) is 1. The molecule has 2 saturated heterocycles. The Morgan fingerprint density at radius 1 is 1.12 bits per heavy atom. The third kappa shape index (κ3) is 3.14. The summed E-state index contributed by atoms with van der Waals surface area (Å²) in [4.78, 5) is 36.4. The fourth-order valence-electron chi connectivity index (χ4n) is 5.73. The van der Waals surface area contributed by atoms with Gasteiger partial charge in [0.1, 0.15) is 5.78 Å². The average Bonchev–Trinajstić information content (AvgIpc) is 3.43. The molecule has 0 atom stereocenters. The first-order chi connectivity index (χ1) is 15.9. The number of carbonyl (C=O) groups excluding carboxylic acids is 2. The lowest BCUT2D eigenvalue weighted by molar-refractivity contribution is -0.128.